The molecule has 5 N–H and O–H groups in total. The SMILES string of the molecule is C=C[C@@H](NC(=O)OC)C(=O)N1CCC[C@H]1c1ncc(-c2ccc(C#Cc3ccc(-c4cnc([C@@H]5CCCN5C(=O)[C@H](NC(=O)N5CC[C@H](O)C5)c5ccccc5)[nH]4)cc3)cc2)[nH]1. The molecule has 5 aromatic rings. The Bertz CT molecular complexity index is 2470. The number of H-pyrrole nitrogens is 2. The molecule has 5 heterocycles. The molecule has 5 amide bonds. The van der Waals surface area contributed by atoms with E-state index in [1.54, 1.807) is 27.1 Å². The van der Waals surface area contributed by atoms with Gasteiger partial charge in [-0.25, -0.2) is 19.6 Å². The Labute approximate surface area is 359 Å². The summed E-state index contributed by atoms with van der Waals surface area (Å²) in [5, 5.41) is 15.5. The Morgan fingerprint density at radius 2 is 1.32 bits per heavy atom. The number of rotatable bonds is 10. The third-order valence-corrected chi connectivity index (χ3v) is 11.7. The van der Waals surface area contributed by atoms with Crippen LogP contribution in [0.1, 0.15) is 78.6 Å². The van der Waals surface area contributed by atoms with Crippen molar-refractivity contribution < 1.29 is 29.0 Å². The van der Waals surface area contributed by atoms with Crippen molar-refractivity contribution >= 4 is 23.9 Å². The lowest BCUT2D eigenvalue weighted by Gasteiger charge is -2.30. The van der Waals surface area contributed by atoms with E-state index in [0.717, 1.165) is 59.3 Å². The number of nitrogens with one attached hydrogen (secondary N) is 4. The molecule has 0 bridgehead atoms. The van der Waals surface area contributed by atoms with Gasteiger partial charge >= 0.3 is 12.1 Å². The van der Waals surface area contributed by atoms with Gasteiger partial charge in [-0.1, -0.05) is 72.5 Å². The normalized spacial score (nSPS) is 19.3. The first kappa shape index (κ1) is 41.5. The van der Waals surface area contributed by atoms with Gasteiger partial charge in [0.05, 0.1) is 49.1 Å². The smallest absolute Gasteiger partial charge is 0.407 e. The standard InChI is InChI=1S/C47H49N9O6/c1-3-36(52-47(61)62-2)44(58)55-24-7-11-39(55)42-48-27-37(50-42)32-19-15-30(16-20-32)13-14-31-17-21-33(22-18-31)38-28-49-43(51-38)40-12-8-25-56(40)45(59)41(34-9-5-4-6-10-34)53-46(60)54-26-23-35(57)29-54/h3-6,9-10,15-22,27-28,35-36,39-41,57H,1,7-8,11-12,23-26,29H2,2H3,(H,48,50)(H,49,51)(H,52,61)(H,53,60)/t35-,36+,39-,40-,41+/m0/s1. The largest absolute Gasteiger partial charge is 0.453 e. The minimum Gasteiger partial charge on any atom is -0.453 e. The molecular formula is C47H49N9O6. The number of aliphatic hydroxyl groups excluding tert-OH is 1. The molecule has 0 saturated carbocycles. The van der Waals surface area contributed by atoms with Gasteiger partial charge in [0.15, 0.2) is 0 Å². The van der Waals surface area contributed by atoms with Gasteiger partial charge in [-0.15, -0.1) is 6.58 Å². The molecule has 318 valence electrons. The van der Waals surface area contributed by atoms with Crippen molar-refractivity contribution in [3.63, 3.8) is 0 Å². The van der Waals surface area contributed by atoms with Gasteiger partial charge in [-0.2, -0.15) is 0 Å². The Hall–Kier alpha value is -7.18. The summed E-state index contributed by atoms with van der Waals surface area (Å²) in [6, 6.07) is 22.3. The number of carbonyl (C=O) groups excluding carboxylic acids is 4. The van der Waals surface area contributed by atoms with Crippen molar-refractivity contribution in [1.82, 2.24) is 45.3 Å². The highest BCUT2D eigenvalue weighted by molar-refractivity contribution is 5.89. The molecule has 3 aliphatic rings. The van der Waals surface area contributed by atoms with Crippen LogP contribution in [0.25, 0.3) is 22.5 Å². The molecule has 3 aromatic carbocycles. The zero-order valence-corrected chi connectivity index (χ0v) is 34.4. The second kappa shape index (κ2) is 18.6. The van der Waals surface area contributed by atoms with Crippen molar-refractivity contribution in [3.05, 3.63) is 132 Å². The second-order valence-corrected chi connectivity index (χ2v) is 15.7. The summed E-state index contributed by atoms with van der Waals surface area (Å²) in [4.78, 5) is 73.6. The number of hydrogen-bond donors (Lipinski definition) is 5. The molecule has 15 heteroatoms. The van der Waals surface area contributed by atoms with Crippen LogP contribution in [0.15, 0.2) is 104 Å². The molecule has 62 heavy (non-hydrogen) atoms. The number of hydrogen-bond acceptors (Lipinski definition) is 8. The van der Waals surface area contributed by atoms with Crippen LogP contribution in [0.2, 0.25) is 0 Å². The fourth-order valence-electron chi connectivity index (χ4n) is 8.37. The van der Waals surface area contributed by atoms with Gasteiger partial charge < -0.3 is 45.1 Å². The topological polar surface area (TPSA) is 189 Å². The summed E-state index contributed by atoms with van der Waals surface area (Å²) in [6.45, 7) is 5.47. The maximum absolute atomic E-state index is 14.2. The molecule has 3 saturated heterocycles. The number of carbonyl (C=O) groups is 4. The number of alkyl carbamates (subject to hydrolysis) is 1. The molecule has 3 fully saturated rings. The van der Waals surface area contributed by atoms with E-state index < -0.39 is 24.3 Å². The summed E-state index contributed by atoms with van der Waals surface area (Å²) in [5.74, 6) is 7.39. The molecule has 0 radical (unpaired) electrons. The van der Waals surface area contributed by atoms with Crippen molar-refractivity contribution in [2.75, 3.05) is 33.3 Å². The van der Waals surface area contributed by atoms with Crippen molar-refractivity contribution in [1.29, 1.82) is 0 Å². The molecule has 0 spiro atoms. The fourth-order valence-corrected chi connectivity index (χ4v) is 8.37. The maximum atomic E-state index is 14.2. The van der Waals surface area contributed by atoms with E-state index in [2.05, 4.69) is 48.7 Å². The molecule has 0 aliphatic carbocycles. The summed E-state index contributed by atoms with van der Waals surface area (Å²) in [7, 11) is 1.25. The van der Waals surface area contributed by atoms with E-state index in [4.69, 9.17) is 4.98 Å². The molecule has 8 rings (SSSR count). The molecule has 2 aromatic heterocycles. The van der Waals surface area contributed by atoms with Gasteiger partial charge in [0, 0.05) is 37.3 Å². The number of imidazole rings is 2. The first-order valence-corrected chi connectivity index (χ1v) is 20.9. The summed E-state index contributed by atoms with van der Waals surface area (Å²) in [6.07, 6.45) is 7.29. The van der Waals surface area contributed by atoms with Crippen LogP contribution in [0.3, 0.4) is 0 Å². The maximum Gasteiger partial charge on any atom is 0.407 e. The van der Waals surface area contributed by atoms with E-state index in [0.29, 0.717) is 43.3 Å². The minimum absolute atomic E-state index is 0.200. The number of methoxy groups -OCH3 is 1. The van der Waals surface area contributed by atoms with Crippen LogP contribution >= 0.6 is 0 Å². The Morgan fingerprint density at radius 3 is 1.82 bits per heavy atom. The number of aromatic nitrogens is 4. The average Bonchev–Trinajstić information content (AvgIpc) is 4.17. The first-order chi connectivity index (χ1) is 30.2. The Balaban J connectivity index is 0.894. The lowest BCUT2D eigenvalue weighted by molar-refractivity contribution is -0.134. The summed E-state index contributed by atoms with van der Waals surface area (Å²) < 4.78 is 4.66. The Kier molecular flexibility index (Phi) is 12.5. The van der Waals surface area contributed by atoms with E-state index in [1.807, 2.05) is 78.9 Å². The van der Waals surface area contributed by atoms with Crippen LogP contribution < -0.4 is 10.6 Å². The number of nitrogens with zero attached hydrogens (tertiary/aromatic N) is 5. The van der Waals surface area contributed by atoms with E-state index in [1.165, 1.54) is 13.2 Å². The number of ether oxygens (including phenoxy) is 1. The summed E-state index contributed by atoms with van der Waals surface area (Å²) in [5.41, 5.74) is 5.88. The number of aromatic amines is 2. The summed E-state index contributed by atoms with van der Waals surface area (Å²) >= 11 is 0. The van der Waals surface area contributed by atoms with Gasteiger partial charge in [0.2, 0.25) is 11.8 Å². The zero-order valence-electron chi connectivity index (χ0n) is 34.4. The third kappa shape index (κ3) is 9.10. The van der Waals surface area contributed by atoms with E-state index >= 15 is 0 Å². The fraction of sp³-hybridized carbons (Fsp3) is 0.319. The van der Waals surface area contributed by atoms with E-state index in [9.17, 15) is 24.3 Å². The lowest BCUT2D eigenvalue weighted by Crippen LogP contribution is -2.47. The average molecular weight is 836 g/mol. The van der Waals surface area contributed by atoms with Crippen LogP contribution in [0, 0.1) is 11.8 Å². The number of aliphatic hydroxyl groups is 1. The molecular weight excluding hydrogens is 787 g/mol. The quantitative estimate of drug-likeness (QED) is 0.0886. The number of benzene rings is 3. The number of likely N-dealkylation sites (tertiary alicyclic amines) is 3. The molecule has 0 unspecified atom stereocenters. The highest BCUT2D eigenvalue weighted by Crippen LogP contribution is 2.35. The van der Waals surface area contributed by atoms with Crippen LogP contribution in [0.5, 0.6) is 0 Å². The van der Waals surface area contributed by atoms with Crippen molar-refractivity contribution in [3.8, 4) is 34.4 Å². The lowest BCUT2D eigenvalue weighted by atomic mass is 10.0. The predicted octanol–water partition coefficient (Wildman–Crippen LogP) is 5.62. The van der Waals surface area contributed by atoms with Crippen molar-refractivity contribution in [2.24, 2.45) is 0 Å². The Morgan fingerprint density at radius 1 is 0.774 bits per heavy atom. The zero-order chi connectivity index (χ0) is 43.2. The molecule has 15 nitrogen and oxygen atoms in total. The first-order valence-electron chi connectivity index (χ1n) is 20.9. The van der Waals surface area contributed by atoms with Crippen LogP contribution in [-0.2, 0) is 14.3 Å². The predicted molar refractivity (Wildman–Crippen MR) is 231 cm³/mol. The number of β-amino-alcohol motifs (C(OH)–C–C–N with tert-alkyl or cyclic N) is 1. The monoisotopic (exact) mass is 835 g/mol. The molecule has 3 aliphatic heterocycles. The van der Waals surface area contributed by atoms with Crippen LogP contribution in [-0.4, -0.2) is 109 Å². The van der Waals surface area contributed by atoms with Gasteiger partial charge in [-0.3, -0.25) is 9.59 Å². The highest BCUT2D eigenvalue weighted by Gasteiger charge is 2.38. The third-order valence-electron chi connectivity index (χ3n) is 11.7. The minimum atomic E-state index is -0.899. The van der Waals surface area contributed by atoms with Gasteiger partial charge in [0.1, 0.15) is 23.7 Å². The van der Waals surface area contributed by atoms with Crippen LogP contribution in [0.4, 0.5) is 9.59 Å². The second-order valence-electron chi connectivity index (χ2n) is 15.7. The van der Waals surface area contributed by atoms with Gasteiger partial charge in [0.25, 0.3) is 0 Å². The van der Waals surface area contributed by atoms with Crippen molar-refractivity contribution in [2.45, 2.75) is 62.4 Å². The number of urea groups is 1. The van der Waals surface area contributed by atoms with Gasteiger partial charge in [-0.05, 0) is 73.1 Å². The highest BCUT2D eigenvalue weighted by atomic mass is 16.5. The molecule has 5 atom stereocenters. The number of amides is 5. The van der Waals surface area contributed by atoms with E-state index in [-0.39, 0.29) is 36.5 Å².